The number of hydrogen-bond acceptors (Lipinski definition) is 6. The van der Waals surface area contributed by atoms with Gasteiger partial charge in [-0.15, -0.1) is 0 Å². The topological polar surface area (TPSA) is 108 Å². The SMILES string of the molecule is COC(=O)C1=C(Nc2c(C)c(C)cc3[nH]cnc23)C(=O)N(CCO)C1. The largest absolute Gasteiger partial charge is 0.466 e. The predicted octanol–water partition coefficient (Wildman–Crippen LogP) is 0.853. The molecular formula is C17H20N4O4. The van der Waals surface area contributed by atoms with Crippen molar-refractivity contribution in [3.8, 4) is 0 Å². The number of carbonyl (C=O) groups excluding carboxylic acids is 2. The van der Waals surface area contributed by atoms with Gasteiger partial charge in [-0.05, 0) is 31.0 Å². The average Bonchev–Trinajstić information content (AvgIpc) is 3.17. The summed E-state index contributed by atoms with van der Waals surface area (Å²) >= 11 is 0. The molecule has 3 rings (SSSR count). The molecule has 3 N–H and O–H groups in total. The number of methoxy groups -OCH3 is 1. The first-order chi connectivity index (χ1) is 12.0. The number of esters is 1. The summed E-state index contributed by atoms with van der Waals surface area (Å²) in [5, 5.41) is 12.2. The summed E-state index contributed by atoms with van der Waals surface area (Å²) in [5.74, 6) is -0.918. The Hall–Kier alpha value is -2.87. The highest BCUT2D eigenvalue weighted by Crippen LogP contribution is 2.31. The molecule has 0 saturated carbocycles. The molecule has 1 aromatic carbocycles. The number of benzene rings is 1. The second kappa shape index (κ2) is 6.56. The van der Waals surface area contributed by atoms with Gasteiger partial charge in [0, 0.05) is 6.54 Å². The highest BCUT2D eigenvalue weighted by molar-refractivity contribution is 6.09. The number of carbonyl (C=O) groups is 2. The van der Waals surface area contributed by atoms with Gasteiger partial charge in [-0.25, -0.2) is 9.78 Å². The molecule has 0 bridgehead atoms. The van der Waals surface area contributed by atoms with Gasteiger partial charge in [0.25, 0.3) is 5.91 Å². The number of aromatic amines is 1. The minimum atomic E-state index is -0.570. The van der Waals surface area contributed by atoms with E-state index in [1.165, 1.54) is 12.0 Å². The van der Waals surface area contributed by atoms with Crippen molar-refractivity contribution < 1.29 is 19.4 Å². The molecule has 0 aliphatic carbocycles. The highest BCUT2D eigenvalue weighted by atomic mass is 16.5. The van der Waals surface area contributed by atoms with E-state index in [1.807, 2.05) is 19.9 Å². The Morgan fingerprint density at radius 1 is 1.48 bits per heavy atom. The predicted molar refractivity (Wildman–Crippen MR) is 91.9 cm³/mol. The van der Waals surface area contributed by atoms with Crippen LogP contribution in [0.15, 0.2) is 23.7 Å². The van der Waals surface area contributed by atoms with Crippen molar-refractivity contribution in [3.63, 3.8) is 0 Å². The van der Waals surface area contributed by atoms with E-state index in [2.05, 4.69) is 15.3 Å². The molecule has 25 heavy (non-hydrogen) atoms. The maximum atomic E-state index is 12.7. The lowest BCUT2D eigenvalue weighted by atomic mass is 10.1. The molecule has 0 spiro atoms. The number of aryl methyl sites for hydroxylation is 1. The Morgan fingerprint density at radius 2 is 2.24 bits per heavy atom. The molecule has 0 saturated heterocycles. The van der Waals surface area contributed by atoms with Gasteiger partial charge >= 0.3 is 5.97 Å². The third kappa shape index (κ3) is 2.85. The fraction of sp³-hybridized carbons (Fsp3) is 0.353. The second-order valence-corrected chi connectivity index (χ2v) is 5.91. The molecule has 132 valence electrons. The lowest BCUT2D eigenvalue weighted by molar-refractivity contribution is -0.136. The minimum absolute atomic E-state index is 0.100. The number of β-amino-alcohol motifs (C(OH)–C–C–N with tert-alkyl or cyclic N) is 1. The van der Waals surface area contributed by atoms with Crippen molar-refractivity contribution in [2.45, 2.75) is 13.8 Å². The Kier molecular flexibility index (Phi) is 4.45. The van der Waals surface area contributed by atoms with E-state index < -0.39 is 5.97 Å². The fourth-order valence-corrected chi connectivity index (χ4v) is 2.94. The Morgan fingerprint density at radius 3 is 2.92 bits per heavy atom. The van der Waals surface area contributed by atoms with Gasteiger partial charge in [0.2, 0.25) is 0 Å². The molecule has 0 radical (unpaired) electrons. The van der Waals surface area contributed by atoms with E-state index in [4.69, 9.17) is 9.84 Å². The number of nitrogens with zero attached hydrogens (tertiary/aromatic N) is 2. The first kappa shape index (κ1) is 17.0. The van der Waals surface area contributed by atoms with Crippen LogP contribution in [0.3, 0.4) is 0 Å². The van der Waals surface area contributed by atoms with Crippen molar-refractivity contribution in [2.24, 2.45) is 0 Å². The molecule has 1 amide bonds. The van der Waals surface area contributed by atoms with Crippen molar-refractivity contribution in [1.82, 2.24) is 14.9 Å². The fourth-order valence-electron chi connectivity index (χ4n) is 2.94. The molecule has 1 aliphatic heterocycles. The first-order valence-corrected chi connectivity index (χ1v) is 7.89. The minimum Gasteiger partial charge on any atom is -0.466 e. The third-order valence-electron chi connectivity index (χ3n) is 4.44. The number of aliphatic hydroxyl groups is 1. The first-order valence-electron chi connectivity index (χ1n) is 7.89. The quantitative estimate of drug-likeness (QED) is 0.694. The van der Waals surface area contributed by atoms with E-state index in [0.717, 1.165) is 16.6 Å². The van der Waals surface area contributed by atoms with Crippen LogP contribution in [0.5, 0.6) is 0 Å². The van der Waals surface area contributed by atoms with Gasteiger partial charge in [-0.1, -0.05) is 0 Å². The number of hydrogen-bond donors (Lipinski definition) is 3. The number of H-pyrrole nitrogens is 1. The zero-order chi connectivity index (χ0) is 18.1. The van der Waals surface area contributed by atoms with Gasteiger partial charge in [0.1, 0.15) is 11.2 Å². The number of amides is 1. The number of fused-ring (bicyclic) bond motifs is 1. The van der Waals surface area contributed by atoms with Crippen LogP contribution >= 0.6 is 0 Å². The van der Waals surface area contributed by atoms with Gasteiger partial charge in [-0.2, -0.15) is 0 Å². The number of anilines is 1. The van der Waals surface area contributed by atoms with Crippen LogP contribution in [-0.4, -0.2) is 58.7 Å². The van der Waals surface area contributed by atoms with E-state index in [9.17, 15) is 9.59 Å². The second-order valence-electron chi connectivity index (χ2n) is 5.91. The number of rotatable bonds is 5. The van der Waals surface area contributed by atoms with E-state index in [-0.39, 0.29) is 36.9 Å². The summed E-state index contributed by atoms with van der Waals surface area (Å²) in [4.78, 5) is 33.5. The van der Waals surface area contributed by atoms with E-state index in [1.54, 1.807) is 6.33 Å². The smallest absolute Gasteiger partial charge is 0.337 e. The maximum Gasteiger partial charge on any atom is 0.337 e. The van der Waals surface area contributed by atoms with Crippen molar-refractivity contribution in [2.75, 3.05) is 32.1 Å². The van der Waals surface area contributed by atoms with Gasteiger partial charge in [-0.3, -0.25) is 4.79 Å². The van der Waals surface area contributed by atoms with Gasteiger partial charge < -0.3 is 25.0 Å². The average molecular weight is 344 g/mol. The molecule has 2 aromatic rings. The monoisotopic (exact) mass is 344 g/mol. The molecule has 8 nitrogen and oxygen atoms in total. The Labute approximate surface area is 144 Å². The van der Waals surface area contributed by atoms with E-state index >= 15 is 0 Å². The highest BCUT2D eigenvalue weighted by Gasteiger charge is 2.35. The van der Waals surface area contributed by atoms with Gasteiger partial charge in [0.15, 0.2) is 0 Å². The maximum absolute atomic E-state index is 12.7. The van der Waals surface area contributed by atoms with Crippen LogP contribution in [0.2, 0.25) is 0 Å². The summed E-state index contributed by atoms with van der Waals surface area (Å²) in [6, 6.07) is 1.98. The van der Waals surface area contributed by atoms with E-state index in [0.29, 0.717) is 11.2 Å². The Balaban J connectivity index is 2.08. The lowest BCUT2D eigenvalue weighted by Crippen LogP contribution is -2.31. The summed E-state index contributed by atoms with van der Waals surface area (Å²) < 4.78 is 4.80. The molecule has 0 fully saturated rings. The summed E-state index contributed by atoms with van der Waals surface area (Å²) in [5.41, 5.74) is 4.56. The van der Waals surface area contributed by atoms with Crippen LogP contribution in [0, 0.1) is 13.8 Å². The zero-order valence-corrected chi connectivity index (χ0v) is 14.3. The number of nitrogens with one attached hydrogen (secondary N) is 2. The summed E-state index contributed by atoms with van der Waals surface area (Å²) in [7, 11) is 1.27. The number of aliphatic hydroxyl groups excluding tert-OH is 1. The van der Waals surface area contributed by atoms with Crippen LogP contribution in [-0.2, 0) is 14.3 Å². The Bertz CT molecular complexity index is 884. The van der Waals surface area contributed by atoms with Crippen molar-refractivity contribution in [1.29, 1.82) is 0 Å². The normalized spacial score (nSPS) is 14.6. The van der Waals surface area contributed by atoms with Crippen molar-refractivity contribution in [3.05, 3.63) is 34.8 Å². The number of aromatic nitrogens is 2. The summed E-state index contributed by atoms with van der Waals surface area (Å²) in [6.45, 7) is 3.96. The number of imidazole rings is 1. The standard InChI is InChI=1S/C17H20N4O4/c1-9-6-12-15(19-8-18-12)13(10(9)2)20-14-11(17(24)25-3)7-21(4-5-22)16(14)23/h6,8,20,22H,4-5,7H2,1-3H3,(H,18,19). The molecule has 2 heterocycles. The molecular weight excluding hydrogens is 324 g/mol. The molecule has 1 aliphatic rings. The molecule has 8 heteroatoms. The lowest BCUT2D eigenvalue weighted by Gasteiger charge is -2.16. The van der Waals surface area contributed by atoms with Crippen LogP contribution in [0.4, 0.5) is 5.69 Å². The van der Waals surface area contributed by atoms with Crippen LogP contribution in [0.1, 0.15) is 11.1 Å². The number of ether oxygens (including phenoxy) is 1. The van der Waals surface area contributed by atoms with Crippen LogP contribution in [0.25, 0.3) is 11.0 Å². The summed E-state index contributed by atoms with van der Waals surface area (Å²) in [6.07, 6.45) is 1.58. The molecule has 0 atom stereocenters. The van der Waals surface area contributed by atoms with Crippen molar-refractivity contribution >= 4 is 28.6 Å². The van der Waals surface area contributed by atoms with Crippen LogP contribution < -0.4 is 5.32 Å². The molecule has 0 unspecified atom stereocenters. The zero-order valence-electron chi connectivity index (χ0n) is 14.3. The van der Waals surface area contributed by atoms with Gasteiger partial charge in [0.05, 0.1) is 43.4 Å². The molecule has 1 aromatic heterocycles. The third-order valence-corrected chi connectivity index (χ3v) is 4.44.